The van der Waals surface area contributed by atoms with Crippen LogP contribution in [0.25, 0.3) is 6.08 Å². The first-order chi connectivity index (χ1) is 14.9. The van der Waals surface area contributed by atoms with Gasteiger partial charge in [0.25, 0.3) is 0 Å². The molecule has 30 heavy (non-hydrogen) atoms. The van der Waals surface area contributed by atoms with Crippen LogP contribution in [0.15, 0.2) is 30.8 Å². The van der Waals surface area contributed by atoms with E-state index in [1.54, 1.807) is 0 Å². The van der Waals surface area contributed by atoms with Crippen molar-refractivity contribution in [3.63, 3.8) is 0 Å². The van der Waals surface area contributed by atoms with Gasteiger partial charge in [-0.3, -0.25) is 0 Å². The molecule has 0 unspecified atom stereocenters. The standard InChI is InChI=1S/C29H50O/c1-3-5-6-7-8-9-10-11-12-13-14-15-16-17-18-19-20-21-22-27-30-29-25-23-28(4-2)24-26-29/h4,23-26H,2-3,5-22,27H2,1H3. The van der Waals surface area contributed by atoms with E-state index in [9.17, 15) is 0 Å². The number of benzene rings is 1. The number of unbranched alkanes of at least 4 members (excludes halogenated alkanes) is 18. The zero-order valence-corrected chi connectivity index (χ0v) is 20.1. The number of rotatable bonds is 22. The molecule has 0 spiro atoms. The maximum Gasteiger partial charge on any atom is 0.119 e. The van der Waals surface area contributed by atoms with E-state index in [2.05, 4.69) is 25.6 Å². The van der Waals surface area contributed by atoms with Gasteiger partial charge in [-0.15, -0.1) is 0 Å². The van der Waals surface area contributed by atoms with Gasteiger partial charge < -0.3 is 4.74 Å². The Labute approximate surface area is 188 Å². The fourth-order valence-corrected chi connectivity index (χ4v) is 4.07. The smallest absolute Gasteiger partial charge is 0.119 e. The summed E-state index contributed by atoms with van der Waals surface area (Å²) in [7, 11) is 0. The van der Waals surface area contributed by atoms with Crippen LogP contribution in [0, 0.1) is 0 Å². The van der Waals surface area contributed by atoms with Crippen LogP contribution in [0.3, 0.4) is 0 Å². The van der Waals surface area contributed by atoms with Gasteiger partial charge in [0.1, 0.15) is 5.75 Å². The monoisotopic (exact) mass is 414 g/mol. The predicted molar refractivity (Wildman–Crippen MR) is 135 cm³/mol. The van der Waals surface area contributed by atoms with Crippen molar-refractivity contribution in [1.82, 2.24) is 0 Å². The molecule has 0 aliphatic heterocycles. The first kappa shape index (κ1) is 26.8. The Morgan fingerprint density at radius 3 is 1.30 bits per heavy atom. The molecule has 0 aliphatic carbocycles. The molecule has 0 saturated carbocycles. The summed E-state index contributed by atoms with van der Waals surface area (Å²) in [6.07, 6.45) is 28.8. The quantitative estimate of drug-likeness (QED) is 0.171. The van der Waals surface area contributed by atoms with Crippen molar-refractivity contribution in [2.24, 2.45) is 0 Å². The van der Waals surface area contributed by atoms with E-state index in [-0.39, 0.29) is 0 Å². The van der Waals surface area contributed by atoms with Gasteiger partial charge in [-0.25, -0.2) is 0 Å². The van der Waals surface area contributed by atoms with Crippen LogP contribution >= 0.6 is 0 Å². The lowest BCUT2D eigenvalue weighted by Crippen LogP contribution is -1.97. The lowest BCUT2D eigenvalue weighted by molar-refractivity contribution is 0.304. The normalized spacial score (nSPS) is 11.0. The molecule has 1 aromatic carbocycles. The van der Waals surface area contributed by atoms with Crippen LogP contribution in [-0.2, 0) is 0 Å². The molecule has 0 amide bonds. The van der Waals surface area contributed by atoms with Crippen molar-refractivity contribution in [2.45, 2.75) is 129 Å². The molecule has 1 aromatic rings. The van der Waals surface area contributed by atoms with Gasteiger partial charge in [-0.1, -0.05) is 147 Å². The topological polar surface area (TPSA) is 9.23 Å². The molecule has 0 aliphatic rings. The van der Waals surface area contributed by atoms with Crippen molar-refractivity contribution in [1.29, 1.82) is 0 Å². The Morgan fingerprint density at radius 1 is 0.567 bits per heavy atom. The van der Waals surface area contributed by atoms with E-state index in [4.69, 9.17) is 4.74 Å². The Kier molecular flexibility index (Phi) is 18.8. The van der Waals surface area contributed by atoms with Gasteiger partial charge in [0.2, 0.25) is 0 Å². The Hall–Kier alpha value is -1.24. The highest BCUT2D eigenvalue weighted by atomic mass is 16.5. The molecule has 0 radical (unpaired) electrons. The highest BCUT2D eigenvalue weighted by Crippen LogP contribution is 2.16. The molecule has 0 fully saturated rings. The molecule has 1 rings (SSSR count). The van der Waals surface area contributed by atoms with E-state index in [0.29, 0.717) is 0 Å². The zero-order valence-electron chi connectivity index (χ0n) is 20.1. The van der Waals surface area contributed by atoms with Crippen LogP contribution in [0.1, 0.15) is 134 Å². The molecule has 0 atom stereocenters. The van der Waals surface area contributed by atoms with E-state index in [1.807, 2.05) is 18.2 Å². The largest absolute Gasteiger partial charge is 0.494 e. The van der Waals surface area contributed by atoms with Crippen molar-refractivity contribution < 1.29 is 4.74 Å². The second kappa shape index (κ2) is 21.0. The summed E-state index contributed by atoms with van der Waals surface area (Å²) in [5.41, 5.74) is 1.14. The molecular formula is C29H50O. The minimum atomic E-state index is 0.840. The minimum absolute atomic E-state index is 0.840. The summed E-state index contributed by atoms with van der Waals surface area (Å²) in [6, 6.07) is 8.18. The highest BCUT2D eigenvalue weighted by Gasteiger charge is 1.96. The third-order valence-corrected chi connectivity index (χ3v) is 6.13. The molecular weight excluding hydrogens is 364 g/mol. The Balaban J connectivity index is 1.72. The van der Waals surface area contributed by atoms with E-state index < -0.39 is 0 Å². The van der Waals surface area contributed by atoms with Gasteiger partial charge in [0.05, 0.1) is 6.61 Å². The highest BCUT2D eigenvalue weighted by molar-refractivity contribution is 5.48. The van der Waals surface area contributed by atoms with E-state index in [1.165, 1.54) is 122 Å². The van der Waals surface area contributed by atoms with Crippen molar-refractivity contribution in [3.05, 3.63) is 36.4 Å². The number of hydrogen-bond donors (Lipinski definition) is 0. The number of ether oxygens (including phenoxy) is 1. The molecule has 0 heterocycles. The van der Waals surface area contributed by atoms with Gasteiger partial charge >= 0.3 is 0 Å². The molecule has 0 aromatic heterocycles. The van der Waals surface area contributed by atoms with Crippen molar-refractivity contribution in [3.8, 4) is 5.75 Å². The molecule has 172 valence electrons. The Bertz CT molecular complexity index is 476. The van der Waals surface area contributed by atoms with E-state index >= 15 is 0 Å². The van der Waals surface area contributed by atoms with E-state index in [0.717, 1.165) is 17.9 Å². The van der Waals surface area contributed by atoms with Gasteiger partial charge in [0, 0.05) is 0 Å². The van der Waals surface area contributed by atoms with Gasteiger partial charge in [0.15, 0.2) is 0 Å². The van der Waals surface area contributed by atoms with Crippen LogP contribution in [0.2, 0.25) is 0 Å². The second-order valence-corrected chi connectivity index (χ2v) is 8.99. The first-order valence-electron chi connectivity index (χ1n) is 13.2. The van der Waals surface area contributed by atoms with Crippen molar-refractivity contribution in [2.75, 3.05) is 6.61 Å². The predicted octanol–water partition coefficient (Wildman–Crippen LogP) is 10.1. The van der Waals surface area contributed by atoms with Gasteiger partial charge in [-0.05, 0) is 24.1 Å². The third-order valence-electron chi connectivity index (χ3n) is 6.13. The molecule has 0 bridgehead atoms. The summed E-state index contributed by atoms with van der Waals surface area (Å²) in [5, 5.41) is 0. The summed E-state index contributed by atoms with van der Waals surface area (Å²) in [4.78, 5) is 0. The van der Waals surface area contributed by atoms with Crippen LogP contribution in [0.5, 0.6) is 5.75 Å². The Morgan fingerprint density at radius 2 is 0.933 bits per heavy atom. The third kappa shape index (κ3) is 16.5. The lowest BCUT2D eigenvalue weighted by atomic mass is 10.0. The van der Waals surface area contributed by atoms with Crippen LogP contribution < -0.4 is 4.74 Å². The minimum Gasteiger partial charge on any atom is -0.494 e. The molecule has 0 N–H and O–H groups in total. The average molecular weight is 415 g/mol. The van der Waals surface area contributed by atoms with Crippen molar-refractivity contribution >= 4 is 6.08 Å². The fourth-order valence-electron chi connectivity index (χ4n) is 4.07. The fraction of sp³-hybridized carbons (Fsp3) is 0.724. The SMILES string of the molecule is C=Cc1ccc(OCCCCCCCCCCCCCCCCCCCCC)cc1. The second-order valence-electron chi connectivity index (χ2n) is 8.99. The molecule has 1 nitrogen and oxygen atoms in total. The average Bonchev–Trinajstić information content (AvgIpc) is 2.78. The zero-order chi connectivity index (χ0) is 21.5. The molecule has 1 heteroatoms. The maximum atomic E-state index is 5.80. The van der Waals surface area contributed by atoms with Crippen LogP contribution in [0.4, 0.5) is 0 Å². The summed E-state index contributed by atoms with van der Waals surface area (Å²) >= 11 is 0. The number of hydrogen-bond acceptors (Lipinski definition) is 1. The molecule has 0 saturated heterocycles. The van der Waals surface area contributed by atoms with Crippen LogP contribution in [-0.4, -0.2) is 6.61 Å². The maximum absolute atomic E-state index is 5.80. The summed E-state index contributed by atoms with van der Waals surface area (Å²) in [5.74, 6) is 0.975. The lowest BCUT2D eigenvalue weighted by Gasteiger charge is -2.06. The summed E-state index contributed by atoms with van der Waals surface area (Å²) in [6.45, 7) is 6.91. The van der Waals surface area contributed by atoms with Gasteiger partial charge in [-0.2, -0.15) is 0 Å². The summed E-state index contributed by atoms with van der Waals surface area (Å²) < 4.78 is 5.80. The first-order valence-corrected chi connectivity index (χ1v) is 13.2.